The zero-order valence-corrected chi connectivity index (χ0v) is 33.3. The van der Waals surface area contributed by atoms with Gasteiger partial charge in [0.15, 0.2) is 17.5 Å². The highest BCUT2D eigenvalue weighted by Gasteiger charge is 2.39. The minimum atomic E-state index is -2.06. The van der Waals surface area contributed by atoms with E-state index in [1.54, 1.807) is 0 Å². The van der Waals surface area contributed by atoms with E-state index in [4.69, 9.17) is 19.9 Å². The van der Waals surface area contributed by atoms with E-state index in [2.05, 4.69) is 151 Å². The van der Waals surface area contributed by atoms with Crippen molar-refractivity contribution in [2.24, 2.45) is 0 Å². The van der Waals surface area contributed by atoms with E-state index in [9.17, 15) is 0 Å². The molecule has 5 nitrogen and oxygen atoms in total. The number of rotatable bonds is 7. The van der Waals surface area contributed by atoms with E-state index < -0.39 is 8.07 Å². The largest absolute Gasteiger partial charge is 0.295 e. The quantitative estimate of drug-likeness (QED) is 0.151. The summed E-state index contributed by atoms with van der Waals surface area (Å²) in [5.74, 6) is 2.53. The summed E-state index contributed by atoms with van der Waals surface area (Å²) < 4.78 is 0. The van der Waals surface area contributed by atoms with Gasteiger partial charge in [0.05, 0.1) is 5.56 Å². The van der Waals surface area contributed by atoms with E-state index >= 15 is 0 Å². The second-order valence-electron chi connectivity index (χ2n) is 15.1. The van der Waals surface area contributed by atoms with Crippen LogP contribution in [0.25, 0.3) is 67.5 Å². The van der Waals surface area contributed by atoms with Crippen LogP contribution in [0.1, 0.15) is 0 Å². The van der Waals surface area contributed by atoms with Crippen LogP contribution in [0.15, 0.2) is 200 Å². The average molecular weight is 762 g/mol. The maximum absolute atomic E-state index is 5.43. The molecule has 0 bridgehead atoms. The lowest BCUT2D eigenvalue weighted by Gasteiger charge is -2.40. The van der Waals surface area contributed by atoms with Gasteiger partial charge in [0, 0.05) is 34.3 Å². The summed E-state index contributed by atoms with van der Waals surface area (Å²) in [7, 11) is -2.06. The van der Waals surface area contributed by atoms with Crippen molar-refractivity contribution in [3.63, 3.8) is 0 Å². The number of anilines is 3. The van der Waals surface area contributed by atoms with Gasteiger partial charge >= 0.3 is 0 Å². The Morgan fingerprint density at radius 1 is 0.362 bits per heavy atom. The zero-order chi connectivity index (χ0) is 39.1. The van der Waals surface area contributed by atoms with Crippen molar-refractivity contribution < 1.29 is 0 Å². The van der Waals surface area contributed by atoms with Gasteiger partial charge < -0.3 is 0 Å². The molecule has 276 valence electrons. The molecule has 0 saturated heterocycles. The SMILES string of the molecule is C[Si]1(C)c2ccccc2N(c2ncc(-c3ccc(-c4ccccc4)c(-c4ccccc4)c3)cc2-c2nc(-c3ccccc3)nc(-c3ccccc3)n2)c2ccccc21. The molecule has 1 aliphatic rings. The number of benzene rings is 7. The van der Waals surface area contributed by atoms with E-state index in [-0.39, 0.29) is 0 Å². The Hall–Kier alpha value is -7.28. The Balaban J connectivity index is 1.24. The third-order valence-electron chi connectivity index (χ3n) is 11.2. The molecule has 0 atom stereocenters. The fourth-order valence-electron chi connectivity index (χ4n) is 8.23. The van der Waals surface area contributed by atoms with Crippen molar-refractivity contribution in [1.82, 2.24) is 19.9 Å². The Labute approximate surface area is 340 Å². The van der Waals surface area contributed by atoms with Crippen molar-refractivity contribution in [1.29, 1.82) is 0 Å². The van der Waals surface area contributed by atoms with Crippen LogP contribution in [-0.2, 0) is 0 Å². The zero-order valence-electron chi connectivity index (χ0n) is 32.3. The van der Waals surface area contributed by atoms with Gasteiger partial charge in [-0.2, -0.15) is 0 Å². The fourth-order valence-corrected chi connectivity index (χ4v) is 11.2. The molecular formula is C52H39N5Si. The lowest BCUT2D eigenvalue weighted by atomic mass is 9.91. The summed E-state index contributed by atoms with van der Waals surface area (Å²) in [6.45, 7) is 4.88. The first-order valence-electron chi connectivity index (χ1n) is 19.6. The monoisotopic (exact) mass is 761 g/mol. The molecule has 0 fully saturated rings. The van der Waals surface area contributed by atoms with Crippen LogP contribution in [0, 0.1) is 0 Å². The Morgan fingerprint density at radius 2 is 0.793 bits per heavy atom. The first-order valence-corrected chi connectivity index (χ1v) is 22.6. The maximum Gasteiger partial charge on any atom is 0.167 e. The smallest absolute Gasteiger partial charge is 0.167 e. The van der Waals surface area contributed by atoms with Crippen LogP contribution >= 0.6 is 0 Å². The van der Waals surface area contributed by atoms with E-state index in [1.807, 2.05) is 66.9 Å². The van der Waals surface area contributed by atoms with Crippen LogP contribution < -0.4 is 15.3 Å². The van der Waals surface area contributed by atoms with Crippen LogP contribution in [0.3, 0.4) is 0 Å². The Bertz CT molecular complexity index is 2810. The second-order valence-corrected chi connectivity index (χ2v) is 19.4. The van der Waals surface area contributed by atoms with Gasteiger partial charge in [-0.3, -0.25) is 4.90 Å². The Kier molecular flexibility index (Phi) is 8.88. The molecule has 2 aromatic heterocycles. The number of nitrogens with zero attached hydrogens (tertiary/aromatic N) is 5. The van der Waals surface area contributed by atoms with Gasteiger partial charge in [-0.05, 0) is 62.5 Å². The molecule has 0 amide bonds. The molecular weight excluding hydrogens is 723 g/mol. The fraction of sp³-hybridized carbons (Fsp3) is 0.0385. The van der Waals surface area contributed by atoms with Crippen LogP contribution in [0.2, 0.25) is 13.1 Å². The number of hydrogen-bond acceptors (Lipinski definition) is 5. The summed E-state index contributed by atoms with van der Waals surface area (Å²) in [6, 6.07) is 68.0. The predicted octanol–water partition coefficient (Wildman–Crippen LogP) is 11.9. The highest BCUT2D eigenvalue weighted by Crippen LogP contribution is 2.43. The molecule has 6 heteroatoms. The van der Waals surface area contributed by atoms with Crippen molar-refractivity contribution in [3.8, 4) is 67.5 Å². The molecule has 10 rings (SSSR count). The van der Waals surface area contributed by atoms with Gasteiger partial charge in [0.25, 0.3) is 0 Å². The topological polar surface area (TPSA) is 54.8 Å². The van der Waals surface area contributed by atoms with Crippen LogP contribution in [0.4, 0.5) is 17.2 Å². The molecule has 0 unspecified atom stereocenters. The number of hydrogen-bond donors (Lipinski definition) is 0. The summed E-state index contributed by atoms with van der Waals surface area (Å²) in [5.41, 5.74) is 11.6. The molecule has 0 aliphatic carbocycles. The van der Waals surface area contributed by atoms with Crippen LogP contribution in [0.5, 0.6) is 0 Å². The molecule has 0 spiro atoms. The summed E-state index contributed by atoms with van der Waals surface area (Å²) >= 11 is 0. The highest BCUT2D eigenvalue weighted by molar-refractivity contribution is 7.02. The number of aromatic nitrogens is 4. The maximum atomic E-state index is 5.43. The third kappa shape index (κ3) is 6.30. The molecule has 9 aromatic rings. The lowest BCUT2D eigenvalue weighted by molar-refractivity contribution is 1.06. The van der Waals surface area contributed by atoms with E-state index in [1.165, 1.54) is 21.5 Å². The molecule has 0 saturated carbocycles. The second kappa shape index (κ2) is 14.7. The molecule has 3 heterocycles. The third-order valence-corrected chi connectivity index (χ3v) is 14.7. The van der Waals surface area contributed by atoms with Crippen LogP contribution in [-0.4, -0.2) is 28.0 Å². The first kappa shape index (κ1) is 35.2. The van der Waals surface area contributed by atoms with Gasteiger partial charge in [0.2, 0.25) is 0 Å². The molecule has 58 heavy (non-hydrogen) atoms. The van der Waals surface area contributed by atoms with E-state index in [0.717, 1.165) is 56.1 Å². The van der Waals surface area contributed by atoms with Gasteiger partial charge in [0.1, 0.15) is 13.9 Å². The predicted molar refractivity (Wildman–Crippen MR) is 242 cm³/mol. The van der Waals surface area contributed by atoms with Gasteiger partial charge in [-0.1, -0.05) is 183 Å². The van der Waals surface area contributed by atoms with Crippen molar-refractivity contribution in [3.05, 3.63) is 200 Å². The molecule has 0 radical (unpaired) electrons. The minimum absolute atomic E-state index is 0.554. The summed E-state index contributed by atoms with van der Waals surface area (Å²) in [4.78, 5) is 23.3. The van der Waals surface area contributed by atoms with Crippen molar-refractivity contribution in [2.45, 2.75) is 13.1 Å². The number of para-hydroxylation sites is 2. The van der Waals surface area contributed by atoms with E-state index in [0.29, 0.717) is 17.5 Å². The number of fused-ring (bicyclic) bond motifs is 2. The minimum Gasteiger partial charge on any atom is -0.295 e. The molecule has 7 aromatic carbocycles. The standard InChI is InChI=1S/C52H39N5Si/c1-58(2)47-29-17-15-27-45(47)57(46-28-16-18-30-48(46)58)52-44(51-55-49(38-23-11-5-12-24-38)54-50(56-51)39-25-13-6-14-26-39)34-41(35-53-52)40-31-32-42(36-19-7-3-8-20-36)43(33-40)37-21-9-4-10-22-37/h3-35H,1-2H3. The van der Waals surface area contributed by atoms with Gasteiger partial charge in [-0.25, -0.2) is 19.9 Å². The number of pyridine rings is 1. The normalized spacial score (nSPS) is 12.8. The molecule has 0 N–H and O–H groups in total. The average Bonchev–Trinajstić information content (AvgIpc) is 3.30. The first-order chi connectivity index (χ1) is 28.5. The lowest BCUT2D eigenvalue weighted by Crippen LogP contribution is -2.58. The molecule has 1 aliphatic heterocycles. The summed E-state index contributed by atoms with van der Waals surface area (Å²) in [5, 5.41) is 2.72. The van der Waals surface area contributed by atoms with Crippen molar-refractivity contribution in [2.75, 3.05) is 4.90 Å². The van der Waals surface area contributed by atoms with Crippen molar-refractivity contribution >= 4 is 35.6 Å². The Morgan fingerprint density at radius 3 is 1.33 bits per heavy atom. The highest BCUT2D eigenvalue weighted by atomic mass is 28.3. The van der Waals surface area contributed by atoms with Gasteiger partial charge in [-0.15, -0.1) is 0 Å². The summed E-state index contributed by atoms with van der Waals surface area (Å²) in [6.07, 6.45) is 2.00.